The molecule has 2 N–H and O–H groups in total. The van der Waals surface area contributed by atoms with Gasteiger partial charge in [-0.3, -0.25) is 9.59 Å². The van der Waals surface area contributed by atoms with Gasteiger partial charge >= 0.3 is 5.97 Å². The zero-order valence-electron chi connectivity index (χ0n) is 10.6. The van der Waals surface area contributed by atoms with Crippen LogP contribution in [0.3, 0.4) is 0 Å². The van der Waals surface area contributed by atoms with Gasteiger partial charge < -0.3 is 10.4 Å². The van der Waals surface area contributed by atoms with Crippen LogP contribution < -0.4 is 5.32 Å². The van der Waals surface area contributed by atoms with Crippen LogP contribution in [0.15, 0.2) is 5.38 Å². The van der Waals surface area contributed by atoms with E-state index in [-0.39, 0.29) is 17.7 Å². The lowest BCUT2D eigenvalue weighted by Crippen LogP contribution is -2.40. The summed E-state index contributed by atoms with van der Waals surface area (Å²) < 4.78 is 3.64. The maximum atomic E-state index is 11.8. The lowest BCUT2D eigenvalue weighted by Gasteiger charge is -2.36. The van der Waals surface area contributed by atoms with E-state index in [1.807, 2.05) is 0 Å². The first-order chi connectivity index (χ1) is 9.11. The summed E-state index contributed by atoms with van der Waals surface area (Å²) in [6.45, 7) is 0.398. The molecule has 0 aromatic carbocycles. The minimum Gasteiger partial charge on any atom is -0.481 e. The first kappa shape index (κ1) is 13.9. The largest absolute Gasteiger partial charge is 0.481 e. The fourth-order valence-electron chi connectivity index (χ4n) is 2.66. The van der Waals surface area contributed by atoms with E-state index < -0.39 is 5.97 Å². The van der Waals surface area contributed by atoms with Crippen LogP contribution in [0.5, 0.6) is 0 Å². The molecule has 7 heteroatoms. The van der Waals surface area contributed by atoms with Gasteiger partial charge in [0.2, 0.25) is 0 Å². The Kier molecular flexibility index (Phi) is 4.47. The fraction of sp³-hybridized carbons (Fsp3) is 0.667. The van der Waals surface area contributed by atoms with Gasteiger partial charge in [-0.15, -0.1) is 5.10 Å². The van der Waals surface area contributed by atoms with Gasteiger partial charge in [-0.05, 0) is 29.8 Å². The summed E-state index contributed by atoms with van der Waals surface area (Å²) in [5.74, 6) is -1.07. The van der Waals surface area contributed by atoms with Gasteiger partial charge in [0.05, 0.1) is 6.42 Å². The topological polar surface area (TPSA) is 92.2 Å². The minimum absolute atomic E-state index is 0.114. The average molecular weight is 283 g/mol. The normalized spacial score (nSPS) is 17.9. The molecule has 1 aromatic rings. The van der Waals surface area contributed by atoms with E-state index in [0.29, 0.717) is 12.2 Å². The number of aromatic nitrogens is 2. The molecule has 0 bridgehead atoms. The van der Waals surface area contributed by atoms with Gasteiger partial charge in [-0.1, -0.05) is 23.8 Å². The highest BCUT2D eigenvalue weighted by molar-refractivity contribution is 7.03. The Labute approximate surface area is 115 Å². The molecule has 1 fully saturated rings. The summed E-state index contributed by atoms with van der Waals surface area (Å²) >= 11 is 1.12. The number of hydrogen-bond donors (Lipinski definition) is 2. The summed E-state index contributed by atoms with van der Waals surface area (Å²) in [6, 6.07) is 0. The van der Waals surface area contributed by atoms with Crippen molar-refractivity contribution in [3.8, 4) is 0 Å². The van der Waals surface area contributed by atoms with E-state index >= 15 is 0 Å². The Balaban J connectivity index is 1.96. The summed E-state index contributed by atoms with van der Waals surface area (Å²) in [6.07, 6.45) is 5.03. The Morgan fingerprint density at radius 3 is 2.68 bits per heavy atom. The average Bonchev–Trinajstić information content (AvgIpc) is 2.90. The fourth-order valence-corrected chi connectivity index (χ4v) is 3.10. The molecule has 0 aliphatic heterocycles. The predicted molar refractivity (Wildman–Crippen MR) is 70.0 cm³/mol. The highest BCUT2D eigenvalue weighted by Crippen LogP contribution is 2.38. The van der Waals surface area contributed by atoms with Crippen molar-refractivity contribution in [1.82, 2.24) is 14.9 Å². The number of carboxylic acids is 1. The smallest absolute Gasteiger partial charge is 0.303 e. The second-order valence-electron chi connectivity index (χ2n) is 5.10. The molecule has 0 spiro atoms. The van der Waals surface area contributed by atoms with Gasteiger partial charge in [0.1, 0.15) is 0 Å². The van der Waals surface area contributed by atoms with E-state index in [1.54, 1.807) is 5.38 Å². The van der Waals surface area contributed by atoms with Gasteiger partial charge in [-0.25, -0.2) is 0 Å². The van der Waals surface area contributed by atoms with Gasteiger partial charge in [0, 0.05) is 11.9 Å². The Bertz CT molecular complexity index is 441. The molecule has 1 amide bonds. The van der Waals surface area contributed by atoms with E-state index in [4.69, 9.17) is 5.11 Å². The lowest BCUT2D eigenvalue weighted by molar-refractivity contribution is -0.140. The van der Waals surface area contributed by atoms with Crippen molar-refractivity contribution in [2.75, 3.05) is 6.54 Å². The number of carbonyl (C=O) groups is 2. The van der Waals surface area contributed by atoms with Crippen LogP contribution in [0.4, 0.5) is 0 Å². The first-order valence-electron chi connectivity index (χ1n) is 6.38. The molecule has 1 aliphatic carbocycles. The molecule has 0 saturated heterocycles. The molecular weight excluding hydrogens is 266 g/mol. The van der Waals surface area contributed by atoms with Crippen molar-refractivity contribution in [2.24, 2.45) is 5.41 Å². The quantitative estimate of drug-likeness (QED) is 0.858. The third kappa shape index (κ3) is 3.73. The van der Waals surface area contributed by atoms with Crippen molar-refractivity contribution in [2.45, 2.75) is 38.5 Å². The lowest BCUT2D eigenvalue weighted by atomic mass is 9.71. The van der Waals surface area contributed by atoms with Crippen molar-refractivity contribution in [1.29, 1.82) is 0 Å². The van der Waals surface area contributed by atoms with Crippen molar-refractivity contribution < 1.29 is 14.7 Å². The molecule has 104 valence electrons. The molecule has 6 nitrogen and oxygen atoms in total. The molecule has 0 atom stereocenters. The monoisotopic (exact) mass is 283 g/mol. The molecule has 1 heterocycles. The molecule has 0 unspecified atom stereocenters. The van der Waals surface area contributed by atoms with Crippen LogP contribution in [0.1, 0.15) is 49.0 Å². The molecule has 0 radical (unpaired) electrons. The molecular formula is C12H17N3O3S. The Morgan fingerprint density at radius 1 is 1.37 bits per heavy atom. The maximum Gasteiger partial charge on any atom is 0.303 e. The highest BCUT2D eigenvalue weighted by Gasteiger charge is 2.34. The Hall–Kier alpha value is -1.50. The summed E-state index contributed by atoms with van der Waals surface area (Å²) in [4.78, 5) is 22.8. The highest BCUT2D eigenvalue weighted by atomic mass is 32.1. The summed E-state index contributed by atoms with van der Waals surface area (Å²) in [5.41, 5.74) is -0.00490. The molecule has 19 heavy (non-hydrogen) atoms. The zero-order chi connectivity index (χ0) is 13.7. The zero-order valence-corrected chi connectivity index (χ0v) is 11.4. The number of rotatable bonds is 5. The third-order valence-corrected chi connectivity index (χ3v) is 4.16. The molecule has 1 saturated carbocycles. The van der Waals surface area contributed by atoms with Crippen LogP contribution in [-0.4, -0.2) is 33.1 Å². The van der Waals surface area contributed by atoms with Crippen LogP contribution in [0.2, 0.25) is 0 Å². The number of carbonyl (C=O) groups excluding carboxylic acids is 1. The van der Waals surface area contributed by atoms with Crippen LogP contribution in [-0.2, 0) is 4.79 Å². The number of nitrogens with one attached hydrogen (secondary N) is 1. The van der Waals surface area contributed by atoms with Gasteiger partial charge in [-0.2, -0.15) is 0 Å². The summed E-state index contributed by atoms with van der Waals surface area (Å²) in [7, 11) is 0. The van der Waals surface area contributed by atoms with Crippen LogP contribution >= 0.6 is 11.5 Å². The Morgan fingerprint density at radius 2 is 2.11 bits per heavy atom. The second-order valence-corrected chi connectivity index (χ2v) is 5.71. The van der Waals surface area contributed by atoms with Crippen LogP contribution in [0.25, 0.3) is 0 Å². The first-order valence-corrected chi connectivity index (χ1v) is 7.22. The number of nitrogens with zero attached hydrogens (tertiary/aromatic N) is 2. The van der Waals surface area contributed by atoms with Crippen molar-refractivity contribution in [3.63, 3.8) is 0 Å². The second kappa shape index (κ2) is 6.10. The molecule has 1 aromatic heterocycles. The SMILES string of the molecule is O=C(O)CC1(CNC(=O)c2csnn2)CCCCC1. The minimum atomic E-state index is -0.800. The van der Waals surface area contributed by atoms with E-state index in [1.165, 1.54) is 0 Å². The van der Waals surface area contributed by atoms with Gasteiger partial charge in [0.15, 0.2) is 5.69 Å². The number of aliphatic carboxylic acids is 1. The number of amides is 1. The molecule has 1 aliphatic rings. The van der Waals surface area contributed by atoms with E-state index in [9.17, 15) is 9.59 Å². The molecule has 2 rings (SSSR count). The van der Waals surface area contributed by atoms with E-state index in [0.717, 1.165) is 43.6 Å². The maximum absolute atomic E-state index is 11.8. The van der Waals surface area contributed by atoms with Crippen molar-refractivity contribution in [3.05, 3.63) is 11.1 Å². The van der Waals surface area contributed by atoms with E-state index in [2.05, 4.69) is 14.9 Å². The predicted octanol–water partition coefficient (Wildman–Crippen LogP) is 1.69. The number of hydrogen-bond acceptors (Lipinski definition) is 5. The van der Waals surface area contributed by atoms with Crippen LogP contribution in [0, 0.1) is 5.41 Å². The van der Waals surface area contributed by atoms with Gasteiger partial charge in [0.25, 0.3) is 5.91 Å². The third-order valence-electron chi connectivity index (χ3n) is 3.66. The number of carboxylic acid groups (broad SMARTS) is 1. The van der Waals surface area contributed by atoms with Crippen molar-refractivity contribution >= 4 is 23.4 Å². The standard InChI is InChI=1S/C12H17N3O3S/c16-10(17)6-12(4-2-1-3-5-12)8-13-11(18)9-7-19-15-14-9/h7H,1-6,8H2,(H,13,18)(H,16,17). The summed E-state index contributed by atoms with van der Waals surface area (Å²) in [5, 5.41) is 17.1.